The van der Waals surface area contributed by atoms with E-state index in [1.165, 1.54) is 32.9 Å². The van der Waals surface area contributed by atoms with Crippen LogP contribution in [0, 0.1) is 0 Å². The lowest BCUT2D eigenvalue weighted by Crippen LogP contribution is -2.30. The standard InChI is InChI=1S/C19H22N6O4S2/c1-3-24(4-2)31(28,29)16-7-5-6-14(12-16)17-21-22-19(25(17)20)30-15-10-8-13(9-11-15)18(26)23-27/h5-12,27H,3-4,20H2,1-2H3,(H,23,26). The van der Waals surface area contributed by atoms with Gasteiger partial charge < -0.3 is 5.84 Å². The van der Waals surface area contributed by atoms with Gasteiger partial charge in [-0.05, 0) is 48.2 Å². The van der Waals surface area contributed by atoms with Gasteiger partial charge in [0.2, 0.25) is 15.2 Å². The maximum atomic E-state index is 12.8. The van der Waals surface area contributed by atoms with Crippen LogP contribution >= 0.6 is 11.8 Å². The molecule has 0 spiro atoms. The Balaban J connectivity index is 1.87. The van der Waals surface area contributed by atoms with Gasteiger partial charge in [0.15, 0.2) is 5.82 Å². The zero-order valence-corrected chi connectivity index (χ0v) is 18.5. The second-order valence-electron chi connectivity index (χ2n) is 6.36. The second kappa shape index (κ2) is 9.47. The lowest BCUT2D eigenvalue weighted by molar-refractivity contribution is 0.0706. The van der Waals surface area contributed by atoms with E-state index in [9.17, 15) is 13.2 Å². The van der Waals surface area contributed by atoms with E-state index in [1.54, 1.807) is 55.7 Å². The first kappa shape index (κ1) is 22.7. The molecule has 0 saturated heterocycles. The molecule has 1 amide bonds. The Morgan fingerprint density at radius 2 is 1.84 bits per heavy atom. The minimum absolute atomic E-state index is 0.156. The summed E-state index contributed by atoms with van der Waals surface area (Å²) in [6.45, 7) is 4.31. The van der Waals surface area contributed by atoms with Crippen LogP contribution in [0.1, 0.15) is 24.2 Å². The summed E-state index contributed by atoms with van der Waals surface area (Å²) in [5.41, 5.74) is 2.39. The van der Waals surface area contributed by atoms with Crippen molar-refractivity contribution in [3.05, 3.63) is 54.1 Å². The van der Waals surface area contributed by atoms with E-state index in [-0.39, 0.29) is 4.90 Å². The van der Waals surface area contributed by atoms with Crippen molar-refractivity contribution in [1.29, 1.82) is 0 Å². The number of hydrogen-bond donors (Lipinski definition) is 3. The van der Waals surface area contributed by atoms with Crippen LogP contribution in [0.2, 0.25) is 0 Å². The minimum Gasteiger partial charge on any atom is -0.335 e. The van der Waals surface area contributed by atoms with E-state index >= 15 is 0 Å². The molecule has 0 fully saturated rings. The van der Waals surface area contributed by atoms with Gasteiger partial charge in [-0.2, -0.15) is 4.31 Å². The molecule has 1 aromatic heterocycles. The fourth-order valence-electron chi connectivity index (χ4n) is 2.90. The number of nitrogen functional groups attached to an aromatic ring is 1. The molecule has 0 aliphatic carbocycles. The molecule has 12 heteroatoms. The Hall–Kier alpha value is -2.93. The van der Waals surface area contributed by atoms with Gasteiger partial charge in [0, 0.05) is 29.1 Å². The highest BCUT2D eigenvalue weighted by Gasteiger charge is 2.23. The molecule has 4 N–H and O–H groups in total. The Kier molecular flexibility index (Phi) is 6.95. The van der Waals surface area contributed by atoms with Crippen LogP contribution in [0.4, 0.5) is 0 Å². The maximum absolute atomic E-state index is 12.8. The summed E-state index contributed by atoms with van der Waals surface area (Å²) >= 11 is 1.22. The van der Waals surface area contributed by atoms with Crippen molar-refractivity contribution in [2.24, 2.45) is 0 Å². The average Bonchev–Trinajstić information content (AvgIpc) is 3.14. The van der Waals surface area contributed by atoms with Gasteiger partial charge in [-0.15, -0.1) is 10.2 Å². The molecule has 164 valence electrons. The third-order valence-corrected chi connectivity index (χ3v) is 7.54. The van der Waals surface area contributed by atoms with E-state index in [2.05, 4.69) is 10.2 Å². The number of sulfonamides is 1. The number of hydrogen-bond acceptors (Lipinski definition) is 8. The van der Waals surface area contributed by atoms with E-state index < -0.39 is 15.9 Å². The Morgan fingerprint density at radius 1 is 1.16 bits per heavy atom. The van der Waals surface area contributed by atoms with Gasteiger partial charge in [0.25, 0.3) is 5.91 Å². The quantitative estimate of drug-likeness (QED) is 0.262. The summed E-state index contributed by atoms with van der Waals surface area (Å²) in [4.78, 5) is 12.3. The molecule has 0 saturated carbocycles. The van der Waals surface area contributed by atoms with Crippen LogP contribution in [0.5, 0.6) is 0 Å². The summed E-state index contributed by atoms with van der Waals surface area (Å²) in [6.07, 6.45) is 0. The largest absolute Gasteiger partial charge is 0.335 e. The monoisotopic (exact) mass is 462 g/mol. The molecule has 31 heavy (non-hydrogen) atoms. The van der Waals surface area contributed by atoms with Gasteiger partial charge in [-0.25, -0.2) is 18.6 Å². The van der Waals surface area contributed by atoms with Crippen molar-refractivity contribution >= 4 is 27.7 Å². The molecule has 3 aromatic rings. The molecule has 3 rings (SSSR count). The zero-order valence-electron chi connectivity index (χ0n) is 16.9. The first-order valence-electron chi connectivity index (χ1n) is 9.35. The maximum Gasteiger partial charge on any atom is 0.274 e. The molecule has 0 radical (unpaired) electrons. The number of aromatic nitrogens is 3. The zero-order chi connectivity index (χ0) is 22.6. The van der Waals surface area contributed by atoms with Crippen LogP contribution in [0.3, 0.4) is 0 Å². The number of amides is 1. The van der Waals surface area contributed by atoms with Gasteiger partial charge in [-0.1, -0.05) is 26.0 Å². The predicted molar refractivity (Wildman–Crippen MR) is 116 cm³/mol. The fraction of sp³-hybridized carbons (Fsp3) is 0.211. The molecule has 0 atom stereocenters. The van der Waals surface area contributed by atoms with Gasteiger partial charge in [0.05, 0.1) is 4.90 Å². The normalized spacial score (nSPS) is 11.6. The van der Waals surface area contributed by atoms with E-state index in [0.717, 1.165) is 4.90 Å². The Morgan fingerprint density at radius 3 is 2.45 bits per heavy atom. The molecular weight excluding hydrogens is 440 g/mol. The summed E-state index contributed by atoms with van der Waals surface area (Å²) in [5.74, 6) is 5.87. The van der Waals surface area contributed by atoms with Crippen LogP contribution in [-0.4, -0.2) is 51.8 Å². The van der Waals surface area contributed by atoms with E-state index in [1.807, 2.05) is 0 Å². The number of benzene rings is 2. The number of carbonyl (C=O) groups excluding carboxylic acids is 1. The lowest BCUT2D eigenvalue weighted by atomic mass is 10.2. The fourth-order valence-corrected chi connectivity index (χ4v) is 5.15. The molecule has 0 bridgehead atoms. The van der Waals surface area contributed by atoms with Gasteiger partial charge >= 0.3 is 0 Å². The molecular formula is C19H22N6O4S2. The highest BCUT2D eigenvalue weighted by atomic mass is 32.2. The second-order valence-corrected chi connectivity index (χ2v) is 9.34. The third-order valence-electron chi connectivity index (χ3n) is 4.53. The first-order chi connectivity index (χ1) is 14.8. The van der Waals surface area contributed by atoms with Crippen LogP contribution < -0.4 is 11.3 Å². The number of hydroxylamine groups is 1. The Bertz CT molecular complexity index is 1170. The highest BCUT2D eigenvalue weighted by molar-refractivity contribution is 7.99. The summed E-state index contributed by atoms with van der Waals surface area (Å²) in [6, 6.07) is 12.9. The SMILES string of the molecule is CCN(CC)S(=O)(=O)c1cccc(-c2nnc(Sc3ccc(C(=O)NO)cc3)n2N)c1. The number of nitrogens with two attached hydrogens (primary N) is 1. The lowest BCUT2D eigenvalue weighted by Gasteiger charge is -2.18. The topological polar surface area (TPSA) is 143 Å². The first-order valence-corrected chi connectivity index (χ1v) is 11.6. The van der Waals surface area contributed by atoms with Crippen molar-refractivity contribution in [2.45, 2.75) is 28.8 Å². The van der Waals surface area contributed by atoms with Crippen molar-refractivity contribution in [2.75, 3.05) is 18.9 Å². The van der Waals surface area contributed by atoms with E-state index in [4.69, 9.17) is 11.0 Å². The van der Waals surface area contributed by atoms with Crippen molar-refractivity contribution < 1.29 is 18.4 Å². The highest BCUT2D eigenvalue weighted by Crippen LogP contribution is 2.29. The van der Waals surface area contributed by atoms with Gasteiger partial charge in [-0.3, -0.25) is 10.0 Å². The number of nitrogens with zero attached hydrogens (tertiary/aromatic N) is 4. The predicted octanol–water partition coefficient (Wildman–Crippen LogP) is 1.96. The van der Waals surface area contributed by atoms with Crippen molar-refractivity contribution in [1.82, 2.24) is 24.7 Å². The van der Waals surface area contributed by atoms with Crippen LogP contribution in [0.15, 0.2) is 63.5 Å². The Labute approximate surface area is 184 Å². The van der Waals surface area contributed by atoms with E-state index in [0.29, 0.717) is 35.2 Å². The summed E-state index contributed by atoms with van der Waals surface area (Å²) < 4.78 is 28.3. The number of nitrogens with one attached hydrogen (secondary N) is 1. The van der Waals surface area contributed by atoms with Crippen LogP contribution in [-0.2, 0) is 10.0 Å². The molecule has 0 aliphatic heterocycles. The number of carbonyl (C=O) groups is 1. The number of rotatable bonds is 8. The third kappa shape index (κ3) is 4.71. The molecule has 0 aliphatic rings. The average molecular weight is 463 g/mol. The van der Waals surface area contributed by atoms with Crippen molar-refractivity contribution in [3.8, 4) is 11.4 Å². The molecule has 10 nitrogen and oxygen atoms in total. The minimum atomic E-state index is -3.62. The summed E-state index contributed by atoms with van der Waals surface area (Å²) in [5, 5.41) is 17.3. The molecule has 0 unspecified atom stereocenters. The summed E-state index contributed by atoms with van der Waals surface area (Å²) in [7, 11) is -3.62. The van der Waals surface area contributed by atoms with Gasteiger partial charge in [0.1, 0.15) is 0 Å². The van der Waals surface area contributed by atoms with Crippen LogP contribution in [0.25, 0.3) is 11.4 Å². The smallest absolute Gasteiger partial charge is 0.274 e. The molecule has 2 aromatic carbocycles. The van der Waals surface area contributed by atoms with Crippen molar-refractivity contribution in [3.63, 3.8) is 0 Å². The molecule has 1 heterocycles.